The Hall–Kier alpha value is -2.81. The third-order valence-electron chi connectivity index (χ3n) is 5.91. The highest BCUT2D eigenvalue weighted by molar-refractivity contribution is 5.79. The summed E-state index contributed by atoms with van der Waals surface area (Å²) in [7, 11) is 1.79. The zero-order valence-electron chi connectivity index (χ0n) is 17.7. The number of aryl methyl sites for hydroxylation is 1. The number of ether oxygens (including phenoxy) is 3. The van der Waals surface area contributed by atoms with Crippen LogP contribution in [0.5, 0.6) is 11.5 Å². The highest BCUT2D eigenvalue weighted by Crippen LogP contribution is 2.40. The first kappa shape index (κ1) is 20.5. The third-order valence-corrected chi connectivity index (χ3v) is 5.91. The molecule has 2 aromatic rings. The Balaban J connectivity index is 1.39. The number of hydrogen-bond acceptors (Lipinski definition) is 6. The van der Waals surface area contributed by atoms with Crippen molar-refractivity contribution < 1.29 is 14.2 Å². The van der Waals surface area contributed by atoms with Crippen molar-refractivity contribution in [3.8, 4) is 11.5 Å². The van der Waals surface area contributed by atoms with Gasteiger partial charge >= 0.3 is 0 Å². The molecule has 2 N–H and O–H groups in total. The van der Waals surface area contributed by atoms with Crippen molar-refractivity contribution in [3.05, 3.63) is 35.9 Å². The minimum atomic E-state index is -0.0412. The van der Waals surface area contributed by atoms with Gasteiger partial charge in [-0.15, -0.1) is 10.2 Å². The summed E-state index contributed by atoms with van der Waals surface area (Å²) >= 11 is 0. The molecule has 2 aliphatic rings. The fraction of sp³-hybridized carbons (Fsp3) is 0.571. The first-order valence-electron chi connectivity index (χ1n) is 10.5. The van der Waals surface area contributed by atoms with Crippen LogP contribution in [-0.2, 0) is 23.1 Å². The SMILES string of the molecule is CCc1nncn1CCNC(=NC)NCC1(c2ccc3c(c2)OCO3)CCOCC1. The van der Waals surface area contributed by atoms with Gasteiger partial charge in [0.25, 0.3) is 0 Å². The largest absolute Gasteiger partial charge is 0.454 e. The number of hydrogen-bond donors (Lipinski definition) is 2. The van der Waals surface area contributed by atoms with Gasteiger partial charge in [-0.25, -0.2) is 0 Å². The van der Waals surface area contributed by atoms with Gasteiger partial charge in [-0.1, -0.05) is 13.0 Å². The van der Waals surface area contributed by atoms with E-state index in [0.29, 0.717) is 0 Å². The lowest BCUT2D eigenvalue weighted by Gasteiger charge is -2.38. The number of aromatic nitrogens is 3. The van der Waals surface area contributed by atoms with Crippen molar-refractivity contribution in [2.24, 2.45) is 4.99 Å². The van der Waals surface area contributed by atoms with Crippen LogP contribution < -0.4 is 20.1 Å². The molecule has 1 fully saturated rings. The molecule has 0 amide bonds. The van der Waals surface area contributed by atoms with E-state index in [9.17, 15) is 0 Å². The molecule has 1 aromatic carbocycles. The Morgan fingerprint density at radius 2 is 2.03 bits per heavy atom. The topological polar surface area (TPSA) is 94.8 Å². The van der Waals surface area contributed by atoms with E-state index in [1.165, 1.54) is 5.56 Å². The van der Waals surface area contributed by atoms with Crippen molar-refractivity contribution in [3.63, 3.8) is 0 Å². The molecule has 30 heavy (non-hydrogen) atoms. The molecule has 3 heterocycles. The van der Waals surface area contributed by atoms with Gasteiger partial charge in [0.2, 0.25) is 6.79 Å². The maximum atomic E-state index is 5.66. The molecule has 1 aromatic heterocycles. The Labute approximate surface area is 176 Å². The predicted octanol–water partition coefficient (Wildman–Crippen LogP) is 1.48. The summed E-state index contributed by atoms with van der Waals surface area (Å²) in [6.45, 7) is 6.16. The van der Waals surface area contributed by atoms with Crippen molar-refractivity contribution in [2.75, 3.05) is 40.1 Å². The van der Waals surface area contributed by atoms with Crippen LogP contribution in [0, 0.1) is 0 Å². The molecular formula is C21H30N6O3. The molecule has 0 bridgehead atoms. The van der Waals surface area contributed by atoms with Crippen LogP contribution in [0.15, 0.2) is 29.5 Å². The molecule has 0 saturated carbocycles. The summed E-state index contributed by atoms with van der Waals surface area (Å²) in [5, 5.41) is 15.0. The van der Waals surface area contributed by atoms with Crippen molar-refractivity contribution in [1.29, 1.82) is 0 Å². The van der Waals surface area contributed by atoms with Crippen LogP contribution in [-0.4, -0.2) is 60.9 Å². The minimum absolute atomic E-state index is 0.0412. The Morgan fingerprint density at radius 1 is 1.20 bits per heavy atom. The highest BCUT2D eigenvalue weighted by Gasteiger charge is 2.35. The normalized spacial score (nSPS) is 17.7. The van der Waals surface area contributed by atoms with Gasteiger partial charge in [-0.2, -0.15) is 0 Å². The Bertz CT molecular complexity index is 875. The smallest absolute Gasteiger partial charge is 0.231 e. The van der Waals surface area contributed by atoms with Crippen LogP contribution in [0.4, 0.5) is 0 Å². The standard InChI is InChI=1S/C21H30N6O3/c1-3-19-26-25-14-27(19)9-8-23-20(22-2)24-13-21(6-10-28-11-7-21)16-4-5-17-18(12-16)30-15-29-17/h4-5,12,14H,3,6-11,13,15H2,1-2H3,(H2,22,23,24). The number of guanidine groups is 1. The summed E-state index contributed by atoms with van der Waals surface area (Å²) in [5.74, 6) is 3.41. The van der Waals surface area contributed by atoms with E-state index in [1.54, 1.807) is 13.4 Å². The monoisotopic (exact) mass is 414 g/mol. The lowest BCUT2D eigenvalue weighted by Crippen LogP contribution is -2.48. The third kappa shape index (κ3) is 4.35. The maximum absolute atomic E-state index is 5.66. The van der Waals surface area contributed by atoms with Crippen LogP contribution in [0.1, 0.15) is 31.2 Å². The first-order chi connectivity index (χ1) is 14.7. The van der Waals surface area contributed by atoms with E-state index in [0.717, 1.165) is 75.4 Å². The lowest BCUT2D eigenvalue weighted by molar-refractivity contribution is 0.0513. The second-order valence-corrected chi connectivity index (χ2v) is 7.61. The summed E-state index contributed by atoms with van der Waals surface area (Å²) in [5.41, 5.74) is 1.20. The van der Waals surface area contributed by atoms with Gasteiger partial charge in [-0.3, -0.25) is 4.99 Å². The molecule has 4 rings (SSSR count). The Morgan fingerprint density at radius 3 is 2.83 bits per heavy atom. The van der Waals surface area contributed by atoms with Crippen LogP contribution in [0.25, 0.3) is 0 Å². The van der Waals surface area contributed by atoms with Gasteiger partial charge < -0.3 is 29.4 Å². The average Bonchev–Trinajstić information content (AvgIpc) is 3.45. The molecule has 2 aliphatic heterocycles. The van der Waals surface area contributed by atoms with Crippen molar-refractivity contribution in [2.45, 2.75) is 38.1 Å². The second kappa shape index (κ2) is 9.34. The molecule has 0 spiro atoms. The summed E-state index contributed by atoms with van der Waals surface area (Å²) < 4.78 is 18.8. The fourth-order valence-electron chi connectivity index (χ4n) is 4.06. The van der Waals surface area contributed by atoms with Crippen LogP contribution >= 0.6 is 0 Å². The average molecular weight is 415 g/mol. The van der Waals surface area contributed by atoms with E-state index in [1.807, 2.05) is 6.07 Å². The van der Waals surface area contributed by atoms with E-state index in [-0.39, 0.29) is 12.2 Å². The quantitative estimate of drug-likeness (QED) is 0.523. The van der Waals surface area contributed by atoms with E-state index in [4.69, 9.17) is 14.2 Å². The number of nitrogens with zero attached hydrogens (tertiary/aromatic N) is 4. The lowest BCUT2D eigenvalue weighted by atomic mass is 9.74. The molecule has 0 radical (unpaired) electrons. The number of nitrogens with one attached hydrogen (secondary N) is 2. The van der Waals surface area contributed by atoms with Gasteiger partial charge in [-0.05, 0) is 30.5 Å². The van der Waals surface area contributed by atoms with Gasteiger partial charge in [0.1, 0.15) is 12.2 Å². The molecule has 9 nitrogen and oxygen atoms in total. The zero-order chi connectivity index (χ0) is 20.8. The van der Waals surface area contributed by atoms with Crippen LogP contribution in [0.2, 0.25) is 0 Å². The molecule has 0 aliphatic carbocycles. The minimum Gasteiger partial charge on any atom is -0.454 e. The van der Waals surface area contributed by atoms with Gasteiger partial charge in [0, 0.05) is 51.7 Å². The summed E-state index contributed by atoms with van der Waals surface area (Å²) in [4.78, 5) is 4.39. The number of aliphatic imine (C=N–C) groups is 1. The number of benzene rings is 1. The molecule has 9 heteroatoms. The van der Waals surface area contributed by atoms with E-state index in [2.05, 4.69) is 49.4 Å². The van der Waals surface area contributed by atoms with Crippen molar-refractivity contribution in [1.82, 2.24) is 25.4 Å². The summed E-state index contributed by atoms with van der Waals surface area (Å²) in [6.07, 6.45) is 4.52. The van der Waals surface area contributed by atoms with Gasteiger partial charge in [0.15, 0.2) is 17.5 Å². The second-order valence-electron chi connectivity index (χ2n) is 7.61. The maximum Gasteiger partial charge on any atom is 0.231 e. The predicted molar refractivity (Wildman–Crippen MR) is 113 cm³/mol. The number of fused-ring (bicyclic) bond motifs is 1. The summed E-state index contributed by atoms with van der Waals surface area (Å²) in [6, 6.07) is 6.27. The van der Waals surface area contributed by atoms with E-state index >= 15 is 0 Å². The molecule has 1 saturated heterocycles. The Kier molecular flexibility index (Phi) is 6.37. The highest BCUT2D eigenvalue weighted by atomic mass is 16.7. The first-order valence-corrected chi connectivity index (χ1v) is 10.5. The fourth-order valence-corrected chi connectivity index (χ4v) is 4.06. The zero-order valence-corrected chi connectivity index (χ0v) is 17.7. The van der Waals surface area contributed by atoms with Crippen molar-refractivity contribution >= 4 is 5.96 Å². The van der Waals surface area contributed by atoms with E-state index < -0.39 is 0 Å². The molecular weight excluding hydrogens is 384 g/mol. The van der Waals surface area contributed by atoms with Crippen LogP contribution in [0.3, 0.4) is 0 Å². The molecule has 162 valence electrons. The molecule has 0 atom stereocenters. The number of rotatable bonds is 7. The van der Waals surface area contributed by atoms with Gasteiger partial charge in [0.05, 0.1) is 0 Å². The molecule has 0 unspecified atom stereocenters.